The van der Waals surface area contributed by atoms with Gasteiger partial charge in [-0.15, -0.1) is 5.43 Å². The van der Waals surface area contributed by atoms with Gasteiger partial charge in [0.2, 0.25) is 0 Å². The van der Waals surface area contributed by atoms with E-state index in [0.717, 1.165) is 13.1 Å². The first-order valence-corrected chi connectivity index (χ1v) is 6.40. The van der Waals surface area contributed by atoms with Crippen molar-refractivity contribution in [1.29, 1.82) is 0 Å². The Morgan fingerprint density at radius 3 is 2.69 bits per heavy atom. The number of primary amides is 1. The number of carbonyl (C=O) groups is 1. The van der Waals surface area contributed by atoms with Gasteiger partial charge in [0.15, 0.2) is 5.69 Å². The van der Waals surface area contributed by atoms with Gasteiger partial charge in [0, 0.05) is 0 Å². The molecule has 0 aliphatic heterocycles. The third-order valence-electron chi connectivity index (χ3n) is 1.24. The van der Waals surface area contributed by atoms with Crippen molar-refractivity contribution in [3.8, 4) is 0 Å². The van der Waals surface area contributed by atoms with Crippen LogP contribution in [-0.4, -0.2) is 34.7 Å². The minimum atomic E-state index is -0.575. The number of H-pyrrole nitrogens is 1. The van der Waals surface area contributed by atoms with Crippen LogP contribution in [-0.2, 0) is 13.1 Å². The number of nitrogens with zero attached hydrogens (tertiary/aromatic N) is 3. The van der Waals surface area contributed by atoms with Gasteiger partial charge in [-0.3, -0.25) is 4.79 Å². The van der Waals surface area contributed by atoms with Crippen LogP contribution in [0.25, 0.3) is 0 Å². The van der Waals surface area contributed by atoms with Crippen LogP contribution in [0.1, 0.15) is 10.5 Å². The fraction of sp³-hybridized carbons (Fsp3) is 0.333. The fourth-order valence-electron chi connectivity index (χ4n) is 0.714. The summed E-state index contributed by atoms with van der Waals surface area (Å²) >= 11 is 0.757. The van der Waals surface area contributed by atoms with Gasteiger partial charge < -0.3 is 10.7 Å². The van der Waals surface area contributed by atoms with Crippen molar-refractivity contribution in [2.24, 2.45) is 11.0 Å². The van der Waals surface area contributed by atoms with E-state index in [1.807, 2.05) is 0 Å². The van der Waals surface area contributed by atoms with Crippen molar-refractivity contribution in [2.75, 3.05) is 19.5 Å². The van der Waals surface area contributed by atoms with Crippen molar-refractivity contribution >= 4 is 31.9 Å². The molecule has 1 rings (SSSR count). The molecule has 0 saturated carbocycles. The van der Waals surface area contributed by atoms with Gasteiger partial charge in [-0.05, 0) is 0 Å². The summed E-state index contributed by atoms with van der Waals surface area (Å²) in [5.41, 5.74) is 7.86. The summed E-state index contributed by atoms with van der Waals surface area (Å²) in [6.45, 7) is 0. The van der Waals surface area contributed by atoms with Crippen LogP contribution in [0.2, 0.25) is 0 Å². The van der Waals surface area contributed by atoms with Gasteiger partial charge in [0.1, 0.15) is 0 Å². The molecule has 1 aromatic rings. The molecule has 1 heterocycles. The molecular formula is C6H11Cl2CuN6O+. The average molecular weight is 318 g/mol. The molecule has 0 fully saturated rings. The molecule has 0 aliphatic carbocycles. The number of aromatic nitrogens is 2. The zero-order chi connectivity index (χ0) is 12.6. The molecule has 1 aromatic heterocycles. The van der Waals surface area contributed by atoms with Crippen molar-refractivity contribution in [1.82, 2.24) is 9.97 Å². The second kappa shape index (κ2) is 8.35. The van der Waals surface area contributed by atoms with E-state index < -0.39 is 5.91 Å². The summed E-state index contributed by atoms with van der Waals surface area (Å²) < 4.78 is 1.54. The first kappa shape index (κ1) is 15.2. The molecule has 1 amide bonds. The third kappa shape index (κ3) is 5.92. The van der Waals surface area contributed by atoms with E-state index in [2.05, 4.69) is 40.8 Å². The first-order valence-electron chi connectivity index (χ1n) is 3.81. The monoisotopic (exact) mass is 316 g/mol. The van der Waals surface area contributed by atoms with Crippen molar-refractivity contribution in [3.05, 3.63) is 12.0 Å². The second-order valence-corrected chi connectivity index (χ2v) is 4.15. The second-order valence-electron chi connectivity index (χ2n) is 2.59. The number of hydrogen-bond donors (Lipinski definition) is 3. The van der Waals surface area contributed by atoms with Crippen molar-refractivity contribution < 1.29 is 22.6 Å². The van der Waals surface area contributed by atoms with E-state index in [9.17, 15) is 4.79 Å². The maximum absolute atomic E-state index is 10.8. The summed E-state index contributed by atoms with van der Waals surface area (Å²) in [4.78, 5) is 17.2. The third-order valence-corrected chi connectivity index (χ3v) is 1.24. The SMILES string of the molecule is C[N+](C)=NNc1nc[nH]c1C(N)=O.[Cl][Cu][Cl]. The summed E-state index contributed by atoms with van der Waals surface area (Å²) in [7, 11) is 12.8. The molecule has 16 heavy (non-hydrogen) atoms. The summed E-state index contributed by atoms with van der Waals surface area (Å²) in [5.74, 6) is -0.254. The zero-order valence-electron chi connectivity index (χ0n) is 8.46. The van der Waals surface area contributed by atoms with Crippen LogP contribution in [0.15, 0.2) is 11.6 Å². The minimum absolute atomic E-state index is 0.214. The number of halogens is 2. The molecule has 0 saturated heterocycles. The zero-order valence-corrected chi connectivity index (χ0v) is 10.9. The molecule has 7 nitrogen and oxygen atoms in total. The number of imidazole rings is 1. The molecule has 0 unspecified atom stereocenters. The van der Waals surface area contributed by atoms with Gasteiger partial charge in [0.05, 0.1) is 25.6 Å². The van der Waals surface area contributed by atoms with E-state index in [-0.39, 0.29) is 5.69 Å². The quantitative estimate of drug-likeness (QED) is 0.335. The molecule has 0 aliphatic rings. The van der Waals surface area contributed by atoms with E-state index in [1.54, 1.807) is 18.8 Å². The maximum atomic E-state index is 10.8. The Bertz CT molecular complexity index is 364. The molecule has 4 N–H and O–H groups in total. The van der Waals surface area contributed by atoms with Crippen LogP contribution < -0.4 is 11.2 Å². The topological polar surface area (TPSA) is 99.2 Å². The number of nitrogens with two attached hydrogens (primary N) is 1. The molecule has 0 spiro atoms. The van der Waals surface area contributed by atoms with E-state index in [0.29, 0.717) is 5.82 Å². The van der Waals surface area contributed by atoms with E-state index in [4.69, 9.17) is 5.73 Å². The Morgan fingerprint density at radius 1 is 1.69 bits per heavy atom. The predicted molar refractivity (Wildman–Crippen MR) is 57.0 cm³/mol. The van der Waals surface area contributed by atoms with Gasteiger partial charge in [-0.1, -0.05) is 0 Å². The van der Waals surface area contributed by atoms with Gasteiger partial charge in [-0.2, -0.15) is 9.68 Å². The number of nitrogens with one attached hydrogen (secondary N) is 2. The van der Waals surface area contributed by atoms with Crippen molar-refractivity contribution in [3.63, 3.8) is 0 Å². The van der Waals surface area contributed by atoms with E-state index >= 15 is 0 Å². The van der Waals surface area contributed by atoms with E-state index in [1.165, 1.54) is 6.33 Å². The Kier molecular flexibility index (Phi) is 7.92. The Hall–Kier alpha value is -0.821. The molecule has 0 radical (unpaired) electrons. The van der Waals surface area contributed by atoms with Gasteiger partial charge in [0.25, 0.3) is 11.7 Å². The molecule has 10 heteroatoms. The van der Waals surface area contributed by atoms with Crippen LogP contribution in [0, 0.1) is 0 Å². The Balaban J connectivity index is 0.000000673. The van der Waals surface area contributed by atoms with Gasteiger partial charge in [-0.25, -0.2) is 0 Å². The Labute approximate surface area is 107 Å². The molecular weight excluding hydrogens is 307 g/mol. The van der Waals surface area contributed by atoms with Gasteiger partial charge >= 0.3 is 33.3 Å². The number of carbonyl (C=O) groups excluding carboxylic acids is 1. The number of rotatable bonds is 3. The molecule has 0 atom stereocenters. The van der Waals surface area contributed by atoms with Crippen LogP contribution >= 0.6 is 20.2 Å². The number of aromatic amines is 1. The summed E-state index contributed by atoms with van der Waals surface area (Å²) in [5, 5.41) is 3.80. The molecule has 0 bridgehead atoms. The summed E-state index contributed by atoms with van der Waals surface area (Å²) in [6, 6.07) is 0. The number of amides is 1. The predicted octanol–water partition coefficient (Wildman–Crippen LogP) is 0.936. The standard InChI is InChI=1S/C6H10N6O.2ClH.Cu/c1-12(2)11-10-6-4(5(7)13)8-3-9-6;;;/h3H,1-2H3,(H3,7,8,9,11,13);2*1H;/q;;;+2/p-1. The number of hydrogen-bond acceptors (Lipinski definition) is 3. The summed E-state index contributed by atoms with van der Waals surface area (Å²) in [6.07, 6.45) is 1.37. The van der Waals surface area contributed by atoms with Crippen molar-refractivity contribution in [2.45, 2.75) is 0 Å². The van der Waals surface area contributed by atoms with Crippen LogP contribution in [0.4, 0.5) is 5.82 Å². The van der Waals surface area contributed by atoms with Crippen LogP contribution in [0.5, 0.6) is 0 Å². The first-order chi connectivity index (χ1) is 7.52. The van der Waals surface area contributed by atoms with Crippen LogP contribution in [0.3, 0.4) is 0 Å². The molecule has 0 aromatic carbocycles. The Morgan fingerprint density at radius 2 is 2.25 bits per heavy atom. The average Bonchev–Trinajstić information content (AvgIpc) is 2.63. The molecule has 95 valence electrons. The normalized spacial score (nSPS) is 9.00. The fourth-order valence-corrected chi connectivity index (χ4v) is 0.714. The number of anilines is 1.